The van der Waals surface area contributed by atoms with E-state index >= 15 is 4.39 Å². The molecule has 2 aliphatic heterocycles. The highest BCUT2D eigenvalue weighted by molar-refractivity contribution is 8.13. The van der Waals surface area contributed by atoms with Gasteiger partial charge in [-0.1, -0.05) is 11.8 Å². The van der Waals surface area contributed by atoms with Crippen molar-refractivity contribution >= 4 is 28.5 Å². The lowest BCUT2D eigenvalue weighted by atomic mass is 9.75. The number of rotatable bonds is 4. The maximum atomic E-state index is 15.1. The van der Waals surface area contributed by atoms with Crippen molar-refractivity contribution in [3.05, 3.63) is 59.2 Å². The fourth-order valence-corrected chi connectivity index (χ4v) is 4.99. The van der Waals surface area contributed by atoms with Crippen LogP contribution in [-0.2, 0) is 15.0 Å². The molecule has 1 aromatic carbocycles. The number of carbonyl (C=O) groups is 1. The molecule has 0 bridgehead atoms. The van der Waals surface area contributed by atoms with Gasteiger partial charge in [-0.3, -0.25) is 4.79 Å². The normalized spacial score (nSPS) is 25.1. The largest absolute Gasteiger partial charge is 0.379 e. The summed E-state index contributed by atoms with van der Waals surface area (Å²) in [6.45, 7) is 0.547. The molecular weight excluding hydrogens is 421 g/mol. The van der Waals surface area contributed by atoms with Crippen LogP contribution in [0.25, 0.3) is 0 Å². The molecule has 3 atom stereocenters. The average molecular weight is 441 g/mol. The van der Waals surface area contributed by atoms with Gasteiger partial charge in [-0.25, -0.2) is 14.4 Å². The average Bonchev–Trinajstić information content (AvgIpc) is 2.79. The summed E-state index contributed by atoms with van der Waals surface area (Å²) >= 11 is 1.41. The molecule has 3 N–H and O–H groups in total. The van der Waals surface area contributed by atoms with Crippen molar-refractivity contribution in [2.75, 3.05) is 31.4 Å². The lowest BCUT2D eigenvalue weighted by Crippen LogP contribution is -2.55. The van der Waals surface area contributed by atoms with Crippen LogP contribution in [0.5, 0.6) is 0 Å². The number of ether oxygens (including phenoxy) is 2. The number of methoxy groups -OCH3 is 1. The molecule has 3 unspecified atom stereocenters. The Morgan fingerprint density at radius 2 is 2.29 bits per heavy atom. The predicted octanol–water partition coefficient (Wildman–Crippen LogP) is 2.26. The van der Waals surface area contributed by atoms with E-state index in [0.717, 1.165) is 0 Å². The maximum Gasteiger partial charge on any atom is 0.274 e. The van der Waals surface area contributed by atoms with Gasteiger partial charge in [0.2, 0.25) is 0 Å². The number of nitrogens with zero attached hydrogens (tertiary/aromatic N) is 3. The minimum Gasteiger partial charge on any atom is -0.379 e. The molecular formula is C21H20FN5O3S. The van der Waals surface area contributed by atoms with E-state index in [1.165, 1.54) is 42.2 Å². The number of hydrogen-bond donors (Lipinski definition) is 2. The van der Waals surface area contributed by atoms with Gasteiger partial charge in [0.05, 0.1) is 24.9 Å². The molecule has 0 spiro atoms. The molecule has 160 valence electrons. The van der Waals surface area contributed by atoms with Gasteiger partial charge in [-0.2, -0.15) is 5.26 Å². The van der Waals surface area contributed by atoms with E-state index in [9.17, 15) is 4.79 Å². The first kappa shape index (κ1) is 21.2. The Labute approximate surface area is 182 Å². The zero-order valence-corrected chi connectivity index (χ0v) is 17.5. The molecule has 0 saturated carbocycles. The van der Waals surface area contributed by atoms with Crippen molar-refractivity contribution in [1.82, 2.24) is 4.98 Å². The standard InChI is InChI=1S/C21H20FN5O3S/c1-29-18-9-30-11-21(15(18)10-31-20(24)27-21)14-6-13(3-4-16(14)22)26-19(28)17-5-2-12(7-23)8-25-17/h2-6,8,15,18H,9-11H2,1H3,(H2,24,27)(H,26,28). The number of aliphatic imine (C=N–C) groups is 1. The molecule has 0 radical (unpaired) electrons. The van der Waals surface area contributed by atoms with Crippen LogP contribution in [0.15, 0.2) is 41.5 Å². The highest BCUT2D eigenvalue weighted by atomic mass is 32.2. The van der Waals surface area contributed by atoms with Crippen molar-refractivity contribution < 1.29 is 18.7 Å². The van der Waals surface area contributed by atoms with Gasteiger partial charge < -0.3 is 20.5 Å². The first-order chi connectivity index (χ1) is 15.0. The third-order valence-electron chi connectivity index (χ3n) is 5.51. The van der Waals surface area contributed by atoms with Crippen LogP contribution >= 0.6 is 11.8 Å². The molecule has 1 saturated heterocycles. The van der Waals surface area contributed by atoms with Crippen LogP contribution in [0.1, 0.15) is 21.6 Å². The summed E-state index contributed by atoms with van der Waals surface area (Å²) in [5.41, 5.74) is 6.12. The summed E-state index contributed by atoms with van der Waals surface area (Å²) in [5.74, 6) is -0.483. The number of halogens is 1. The number of nitriles is 1. The van der Waals surface area contributed by atoms with E-state index in [-0.39, 0.29) is 29.9 Å². The number of thioether (sulfide) groups is 1. The number of nitrogens with two attached hydrogens (primary N) is 1. The van der Waals surface area contributed by atoms with E-state index in [1.54, 1.807) is 13.2 Å². The fraction of sp³-hybridized carbons (Fsp3) is 0.333. The van der Waals surface area contributed by atoms with Crippen molar-refractivity contribution in [3.8, 4) is 6.07 Å². The quantitative estimate of drug-likeness (QED) is 0.746. The number of carbonyl (C=O) groups excluding carboxylic acids is 1. The molecule has 31 heavy (non-hydrogen) atoms. The van der Waals surface area contributed by atoms with Crippen LogP contribution in [0.4, 0.5) is 10.1 Å². The summed E-state index contributed by atoms with van der Waals surface area (Å²) < 4.78 is 26.4. The third kappa shape index (κ3) is 3.99. The Hall–Kier alpha value is -3.00. The lowest BCUT2D eigenvalue weighted by Gasteiger charge is -2.47. The minimum atomic E-state index is -1.05. The number of hydrogen-bond acceptors (Lipinski definition) is 8. The number of fused-ring (bicyclic) bond motifs is 1. The first-order valence-corrected chi connectivity index (χ1v) is 10.5. The van der Waals surface area contributed by atoms with E-state index < -0.39 is 17.3 Å². The van der Waals surface area contributed by atoms with Gasteiger partial charge in [-0.05, 0) is 30.3 Å². The zero-order valence-electron chi connectivity index (χ0n) is 16.7. The van der Waals surface area contributed by atoms with Crippen molar-refractivity contribution in [2.24, 2.45) is 16.6 Å². The summed E-state index contributed by atoms with van der Waals surface area (Å²) in [6, 6.07) is 9.21. The summed E-state index contributed by atoms with van der Waals surface area (Å²) in [4.78, 5) is 21.2. The topological polar surface area (TPSA) is 123 Å². The number of amidine groups is 1. The second-order valence-electron chi connectivity index (χ2n) is 7.27. The van der Waals surface area contributed by atoms with Crippen LogP contribution < -0.4 is 11.1 Å². The van der Waals surface area contributed by atoms with Gasteiger partial charge in [0.25, 0.3) is 5.91 Å². The van der Waals surface area contributed by atoms with Gasteiger partial charge in [-0.15, -0.1) is 0 Å². The second-order valence-corrected chi connectivity index (χ2v) is 8.31. The van der Waals surface area contributed by atoms with E-state index in [0.29, 0.717) is 28.8 Å². The molecule has 0 aliphatic carbocycles. The molecule has 1 fully saturated rings. The summed E-state index contributed by atoms with van der Waals surface area (Å²) in [5, 5.41) is 11.9. The smallest absolute Gasteiger partial charge is 0.274 e. The lowest BCUT2D eigenvalue weighted by molar-refractivity contribution is -0.102. The SMILES string of the molecule is COC1COCC2(c3cc(NC(=O)c4ccc(C#N)cn4)ccc3F)N=C(N)SCC12. The highest BCUT2D eigenvalue weighted by Crippen LogP contribution is 2.46. The van der Waals surface area contributed by atoms with Crippen molar-refractivity contribution in [2.45, 2.75) is 11.6 Å². The van der Waals surface area contributed by atoms with Crippen LogP contribution in [0.3, 0.4) is 0 Å². The number of pyridine rings is 1. The predicted molar refractivity (Wildman–Crippen MR) is 114 cm³/mol. The Bertz CT molecular complexity index is 1070. The zero-order chi connectivity index (χ0) is 22.0. The number of aromatic nitrogens is 1. The Morgan fingerprint density at radius 1 is 1.45 bits per heavy atom. The highest BCUT2D eigenvalue weighted by Gasteiger charge is 2.51. The summed E-state index contributed by atoms with van der Waals surface area (Å²) in [7, 11) is 1.59. The van der Waals surface area contributed by atoms with E-state index in [2.05, 4.69) is 15.3 Å². The second kappa shape index (κ2) is 8.63. The molecule has 2 aliphatic rings. The number of benzene rings is 1. The third-order valence-corrected chi connectivity index (χ3v) is 6.42. The van der Waals surface area contributed by atoms with Gasteiger partial charge in [0.1, 0.15) is 23.1 Å². The Morgan fingerprint density at radius 3 is 3.00 bits per heavy atom. The van der Waals surface area contributed by atoms with Crippen LogP contribution in [0.2, 0.25) is 0 Å². The van der Waals surface area contributed by atoms with Crippen LogP contribution in [0, 0.1) is 23.1 Å². The molecule has 3 heterocycles. The van der Waals surface area contributed by atoms with Gasteiger partial charge >= 0.3 is 0 Å². The monoisotopic (exact) mass is 441 g/mol. The number of amides is 1. The maximum absolute atomic E-state index is 15.1. The molecule has 4 rings (SSSR count). The first-order valence-electron chi connectivity index (χ1n) is 9.53. The molecule has 8 nitrogen and oxygen atoms in total. The molecule has 2 aromatic rings. The number of nitrogens with one attached hydrogen (secondary N) is 1. The van der Waals surface area contributed by atoms with Gasteiger partial charge in [0.15, 0.2) is 5.17 Å². The minimum absolute atomic E-state index is 0.137. The van der Waals surface area contributed by atoms with Crippen molar-refractivity contribution in [1.29, 1.82) is 5.26 Å². The Balaban J connectivity index is 1.69. The molecule has 10 heteroatoms. The van der Waals surface area contributed by atoms with Crippen molar-refractivity contribution in [3.63, 3.8) is 0 Å². The summed E-state index contributed by atoms with van der Waals surface area (Å²) in [6.07, 6.45) is 1.05. The number of anilines is 1. The molecule has 1 amide bonds. The van der Waals surface area contributed by atoms with Gasteiger partial charge in [0, 0.05) is 36.2 Å². The van der Waals surface area contributed by atoms with E-state index in [4.69, 9.17) is 20.5 Å². The molecule has 1 aromatic heterocycles. The fourth-order valence-electron chi connectivity index (χ4n) is 3.92. The van der Waals surface area contributed by atoms with E-state index in [1.807, 2.05) is 6.07 Å². The van der Waals surface area contributed by atoms with Crippen LogP contribution in [-0.4, -0.2) is 48.2 Å². The Kier molecular flexibility index (Phi) is 5.91.